The molecule has 0 spiro atoms. The zero-order valence-corrected chi connectivity index (χ0v) is 11.0. The first-order valence-corrected chi connectivity index (χ1v) is 6.11. The lowest BCUT2D eigenvalue weighted by atomic mass is 10.1. The third kappa shape index (κ3) is 2.50. The maximum Gasteiger partial charge on any atom is 0.0560 e. The molecule has 0 fully saturated rings. The van der Waals surface area contributed by atoms with Gasteiger partial charge in [0.05, 0.1) is 5.52 Å². The fourth-order valence-corrected chi connectivity index (χ4v) is 1.97. The van der Waals surface area contributed by atoms with Crippen LogP contribution in [0.5, 0.6) is 0 Å². The summed E-state index contributed by atoms with van der Waals surface area (Å²) in [5, 5.41) is 1.33. The highest BCUT2D eigenvalue weighted by atomic mass is 15.0. The topological polar surface area (TPSA) is 4.93 Å². The van der Waals surface area contributed by atoms with Crippen molar-refractivity contribution in [1.82, 2.24) is 4.57 Å². The third-order valence-electron chi connectivity index (χ3n) is 2.53. The lowest BCUT2D eigenvalue weighted by Crippen LogP contribution is -1.85. The Morgan fingerprint density at radius 1 is 1.24 bits per heavy atom. The number of para-hydroxylation sites is 1. The van der Waals surface area contributed by atoms with Crippen molar-refractivity contribution in [3.8, 4) is 0 Å². The van der Waals surface area contributed by atoms with E-state index in [1.807, 2.05) is 20.8 Å². The molecule has 90 valence electrons. The van der Waals surface area contributed by atoms with Gasteiger partial charge in [-0.2, -0.15) is 0 Å². The van der Waals surface area contributed by atoms with E-state index >= 15 is 0 Å². The van der Waals surface area contributed by atoms with E-state index in [1.54, 1.807) is 6.08 Å². The second kappa shape index (κ2) is 6.09. The highest BCUT2D eigenvalue weighted by Crippen LogP contribution is 2.32. The van der Waals surface area contributed by atoms with Crippen LogP contribution in [-0.2, 0) is 6.54 Å². The summed E-state index contributed by atoms with van der Waals surface area (Å²) in [7, 11) is 0. The van der Waals surface area contributed by atoms with Gasteiger partial charge in [-0.1, -0.05) is 44.7 Å². The van der Waals surface area contributed by atoms with Crippen LogP contribution >= 0.6 is 0 Å². The van der Waals surface area contributed by atoms with Crippen LogP contribution in [0, 0.1) is 0 Å². The molecule has 1 aliphatic rings. The maximum atomic E-state index is 4.05. The van der Waals surface area contributed by atoms with Gasteiger partial charge in [-0.3, -0.25) is 0 Å². The highest BCUT2D eigenvalue weighted by Gasteiger charge is 2.15. The zero-order valence-electron chi connectivity index (χ0n) is 11.0. The summed E-state index contributed by atoms with van der Waals surface area (Å²) in [5.74, 6) is 0. The summed E-state index contributed by atoms with van der Waals surface area (Å²) in [6.45, 7) is 14.3. The number of nitrogens with zero attached hydrogens (tertiary/aromatic N) is 1. The molecule has 0 saturated heterocycles. The molecule has 0 saturated carbocycles. The Morgan fingerprint density at radius 3 is 2.53 bits per heavy atom. The highest BCUT2D eigenvalue weighted by molar-refractivity contribution is 5.94. The first-order valence-electron chi connectivity index (χ1n) is 6.11. The summed E-state index contributed by atoms with van der Waals surface area (Å²) in [6.07, 6.45) is 3.88. The summed E-state index contributed by atoms with van der Waals surface area (Å²) in [4.78, 5) is 0. The number of hydrogen-bond donors (Lipinski definition) is 0. The second-order valence-corrected chi connectivity index (χ2v) is 3.70. The number of aromatic nitrogens is 1. The van der Waals surface area contributed by atoms with E-state index in [0.717, 1.165) is 6.54 Å². The molecule has 0 bridgehead atoms. The van der Waals surface area contributed by atoms with Gasteiger partial charge in [0.15, 0.2) is 0 Å². The minimum Gasteiger partial charge on any atom is -0.343 e. The Kier molecular flexibility index (Phi) is 4.77. The zero-order chi connectivity index (χ0) is 12.8. The number of allylic oxidation sites excluding steroid dienone is 2. The molecule has 2 aromatic rings. The van der Waals surface area contributed by atoms with Gasteiger partial charge in [-0.25, -0.2) is 0 Å². The van der Waals surface area contributed by atoms with Crippen molar-refractivity contribution in [2.75, 3.05) is 0 Å². The van der Waals surface area contributed by atoms with Crippen LogP contribution in [0.2, 0.25) is 0 Å². The average molecular weight is 227 g/mol. The standard InChI is InChI=1S/C11H9N.C3H6.C2H6/c1-8-7-12-6-5-9-3-2-4-10(8)11(9)12;1-3-2;1-2/h2-6H,1,7H2;3H,1H2,2H3;1-2H3. The van der Waals surface area contributed by atoms with Gasteiger partial charge >= 0.3 is 0 Å². The minimum absolute atomic E-state index is 0.961. The molecule has 0 N–H and O–H groups in total. The number of benzene rings is 1. The molecule has 3 rings (SSSR count). The Hall–Kier alpha value is -1.76. The van der Waals surface area contributed by atoms with Crippen LogP contribution < -0.4 is 0 Å². The van der Waals surface area contributed by atoms with Crippen molar-refractivity contribution in [1.29, 1.82) is 0 Å². The van der Waals surface area contributed by atoms with Gasteiger partial charge in [0.25, 0.3) is 0 Å². The van der Waals surface area contributed by atoms with Crippen LogP contribution in [0.4, 0.5) is 0 Å². The van der Waals surface area contributed by atoms with E-state index in [1.165, 1.54) is 22.0 Å². The van der Waals surface area contributed by atoms with Crippen LogP contribution in [-0.4, -0.2) is 4.57 Å². The molecule has 0 unspecified atom stereocenters. The Balaban J connectivity index is 0.000000256. The van der Waals surface area contributed by atoms with E-state index in [-0.39, 0.29) is 0 Å². The smallest absolute Gasteiger partial charge is 0.0560 e. The SMILES string of the molecule is C=C1Cn2ccc3cccc1c32.C=CC.CC. The monoisotopic (exact) mass is 227 g/mol. The predicted octanol–water partition coefficient (Wildman–Crippen LogP) is 4.89. The molecule has 1 aromatic carbocycles. The van der Waals surface area contributed by atoms with E-state index < -0.39 is 0 Å². The molecule has 1 aliphatic heterocycles. The largest absolute Gasteiger partial charge is 0.343 e. The van der Waals surface area contributed by atoms with Gasteiger partial charge in [0.2, 0.25) is 0 Å². The van der Waals surface area contributed by atoms with Crippen molar-refractivity contribution in [2.45, 2.75) is 27.3 Å². The van der Waals surface area contributed by atoms with Crippen molar-refractivity contribution >= 4 is 16.5 Å². The molecule has 17 heavy (non-hydrogen) atoms. The summed E-state index contributed by atoms with van der Waals surface area (Å²) < 4.78 is 2.26. The average Bonchev–Trinajstić information content (AvgIpc) is 2.90. The maximum absolute atomic E-state index is 4.05. The molecule has 0 radical (unpaired) electrons. The Bertz CT molecular complexity index is 517. The minimum atomic E-state index is 0.961. The van der Waals surface area contributed by atoms with Crippen molar-refractivity contribution < 1.29 is 0 Å². The Morgan fingerprint density at radius 2 is 1.88 bits per heavy atom. The van der Waals surface area contributed by atoms with Gasteiger partial charge in [-0.15, -0.1) is 6.58 Å². The lowest BCUT2D eigenvalue weighted by Gasteiger charge is -1.94. The van der Waals surface area contributed by atoms with Crippen LogP contribution in [0.1, 0.15) is 26.3 Å². The number of hydrogen-bond acceptors (Lipinski definition) is 0. The molecule has 0 atom stereocenters. The molecular weight excluding hydrogens is 206 g/mol. The van der Waals surface area contributed by atoms with Crippen LogP contribution in [0.25, 0.3) is 16.5 Å². The van der Waals surface area contributed by atoms with E-state index in [2.05, 4.69) is 48.2 Å². The fourth-order valence-electron chi connectivity index (χ4n) is 1.97. The molecule has 0 aliphatic carbocycles. The van der Waals surface area contributed by atoms with Gasteiger partial charge in [0, 0.05) is 23.7 Å². The normalized spacial score (nSPS) is 11.4. The van der Waals surface area contributed by atoms with Crippen molar-refractivity contribution in [3.05, 3.63) is 55.3 Å². The van der Waals surface area contributed by atoms with Gasteiger partial charge in [-0.05, 0) is 18.6 Å². The van der Waals surface area contributed by atoms with Gasteiger partial charge in [0.1, 0.15) is 0 Å². The summed E-state index contributed by atoms with van der Waals surface area (Å²) in [6, 6.07) is 8.55. The first kappa shape index (κ1) is 13.3. The molecule has 1 aromatic heterocycles. The molecule has 1 nitrogen and oxygen atoms in total. The predicted molar refractivity (Wildman–Crippen MR) is 78.2 cm³/mol. The van der Waals surface area contributed by atoms with Crippen LogP contribution in [0.3, 0.4) is 0 Å². The van der Waals surface area contributed by atoms with E-state index in [0.29, 0.717) is 0 Å². The summed E-state index contributed by atoms with van der Waals surface area (Å²) >= 11 is 0. The van der Waals surface area contributed by atoms with E-state index in [9.17, 15) is 0 Å². The molecule has 0 amide bonds. The lowest BCUT2D eigenvalue weighted by molar-refractivity contribution is 0.909. The van der Waals surface area contributed by atoms with Gasteiger partial charge < -0.3 is 4.57 Å². The van der Waals surface area contributed by atoms with E-state index in [4.69, 9.17) is 0 Å². The fraction of sp³-hybridized carbons (Fsp3) is 0.250. The molecule has 2 heterocycles. The van der Waals surface area contributed by atoms with Crippen LogP contribution in [0.15, 0.2) is 49.7 Å². The first-order chi connectivity index (χ1) is 8.27. The third-order valence-corrected chi connectivity index (χ3v) is 2.53. The molecule has 1 heteroatoms. The second-order valence-electron chi connectivity index (χ2n) is 3.70. The summed E-state index contributed by atoms with van der Waals surface area (Å²) in [5.41, 5.74) is 3.90. The Labute approximate surface area is 104 Å². The number of rotatable bonds is 0. The van der Waals surface area contributed by atoms with Crippen molar-refractivity contribution in [2.24, 2.45) is 0 Å². The molecular formula is C16H21N. The van der Waals surface area contributed by atoms with Crippen molar-refractivity contribution in [3.63, 3.8) is 0 Å². The quantitative estimate of drug-likeness (QED) is 0.565.